The summed E-state index contributed by atoms with van der Waals surface area (Å²) in [5.74, 6) is 0.366. The fraction of sp³-hybridized carbons (Fsp3) is 0.905. The summed E-state index contributed by atoms with van der Waals surface area (Å²) in [5, 5.41) is 9.39. The third-order valence-corrected chi connectivity index (χ3v) is 6.50. The molecular formula is C21H38N4O2. The van der Waals surface area contributed by atoms with Crippen LogP contribution in [0.4, 0.5) is 9.59 Å². The van der Waals surface area contributed by atoms with Gasteiger partial charge in [-0.05, 0) is 38.0 Å². The number of hydrogen-bond acceptors (Lipinski definition) is 2. The van der Waals surface area contributed by atoms with Gasteiger partial charge in [0.05, 0.1) is 0 Å². The van der Waals surface area contributed by atoms with E-state index in [1.54, 1.807) is 0 Å². The SMILES string of the molecule is O=C(NCC1CCN(C(=O)NC2CCCCC2)C1)NC1CCCCCCC1. The zero-order valence-electron chi connectivity index (χ0n) is 16.8. The number of carbonyl (C=O) groups excluding carboxylic acids is 2. The van der Waals surface area contributed by atoms with Gasteiger partial charge in [-0.2, -0.15) is 0 Å². The Bertz CT molecular complexity index is 471. The molecule has 1 unspecified atom stereocenters. The van der Waals surface area contributed by atoms with Crippen molar-refractivity contribution in [3.8, 4) is 0 Å². The molecule has 6 heteroatoms. The zero-order chi connectivity index (χ0) is 18.9. The van der Waals surface area contributed by atoms with Crippen molar-refractivity contribution in [2.24, 2.45) is 5.92 Å². The first-order valence-electron chi connectivity index (χ1n) is 11.3. The first kappa shape index (κ1) is 20.3. The Kier molecular flexibility index (Phi) is 8.09. The third kappa shape index (κ3) is 6.89. The second-order valence-electron chi connectivity index (χ2n) is 8.78. The Morgan fingerprint density at radius 1 is 0.741 bits per heavy atom. The number of hydrogen-bond donors (Lipinski definition) is 3. The van der Waals surface area contributed by atoms with Crippen molar-refractivity contribution < 1.29 is 9.59 Å². The summed E-state index contributed by atoms with van der Waals surface area (Å²) >= 11 is 0. The smallest absolute Gasteiger partial charge is 0.317 e. The maximum absolute atomic E-state index is 12.4. The van der Waals surface area contributed by atoms with E-state index in [0.717, 1.165) is 45.2 Å². The number of rotatable bonds is 4. The van der Waals surface area contributed by atoms with Crippen LogP contribution in [-0.2, 0) is 0 Å². The second-order valence-corrected chi connectivity index (χ2v) is 8.78. The number of amides is 4. The molecule has 1 heterocycles. The molecule has 2 aliphatic carbocycles. The fourth-order valence-electron chi connectivity index (χ4n) is 4.77. The molecule has 154 valence electrons. The lowest BCUT2D eigenvalue weighted by Crippen LogP contribution is -2.46. The van der Waals surface area contributed by atoms with E-state index in [1.165, 1.54) is 51.4 Å². The van der Waals surface area contributed by atoms with Crippen LogP contribution in [0.25, 0.3) is 0 Å². The van der Waals surface area contributed by atoms with Gasteiger partial charge in [0.1, 0.15) is 0 Å². The van der Waals surface area contributed by atoms with Crippen molar-refractivity contribution in [3.63, 3.8) is 0 Å². The first-order chi connectivity index (χ1) is 13.2. The molecule has 27 heavy (non-hydrogen) atoms. The fourth-order valence-corrected chi connectivity index (χ4v) is 4.77. The van der Waals surface area contributed by atoms with Gasteiger partial charge in [-0.15, -0.1) is 0 Å². The summed E-state index contributed by atoms with van der Waals surface area (Å²) in [7, 11) is 0. The normalized spacial score (nSPS) is 25.5. The number of likely N-dealkylation sites (tertiary alicyclic amines) is 1. The summed E-state index contributed by atoms with van der Waals surface area (Å²) < 4.78 is 0. The quantitative estimate of drug-likeness (QED) is 0.697. The molecule has 3 aliphatic rings. The monoisotopic (exact) mass is 378 g/mol. The molecular weight excluding hydrogens is 340 g/mol. The molecule has 6 nitrogen and oxygen atoms in total. The molecule has 3 rings (SSSR count). The zero-order valence-corrected chi connectivity index (χ0v) is 16.8. The van der Waals surface area contributed by atoms with Crippen LogP contribution in [0, 0.1) is 5.92 Å². The highest BCUT2D eigenvalue weighted by molar-refractivity contribution is 5.75. The molecule has 1 saturated heterocycles. The molecule has 0 radical (unpaired) electrons. The molecule has 0 bridgehead atoms. The minimum atomic E-state index is -0.0364. The Morgan fingerprint density at radius 3 is 1.96 bits per heavy atom. The standard InChI is InChI=1S/C21H38N4O2/c26-20(23-18-9-5-2-1-3-6-10-18)22-15-17-13-14-25(16-17)21(27)24-19-11-7-4-8-12-19/h17-19H,1-16H2,(H,24,27)(H2,22,23,26). The predicted octanol–water partition coefficient (Wildman–Crippen LogP) is 3.76. The maximum Gasteiger partial charge on any atom is 0.317 e. The van der Waals surface area contributed by atoms with E-state index in [2.05, 4.69) is 16.0 Å². The van der Waals surface area contributed by atoms with Crippen LogP contribution in [0.15, 0.2) is 0 Å². The molecule has 0 spiro atoms. The van der Waals surface area contributed by atoms with Crippen LogP contribution in [0.1, 0.15) is 83.5 Å². The van der Waals surface area contributed by atoms with Gasteiger partial charge in [-0.1, -0.05) is 51.4 Å². The van der Waals surface area contributed by atoms with Gasteiger partial charge in [0.25, 0.3) is 0 Å². The molecule has 2 saturated carbocycles. The number of nitrogens with one attached hydrogen (secondary N) is 3. The van der Waals surface area contributed by atoms with Gasteiger partial charge in [-0.25, -0.2) is 9.59 Å². The maximum atomic E-state index is 12.4. The lowest BCUT2D eigenvalue weighted by Gasteiger charge is -2.26. The van der Waals surface area contributed by atoms with Crippen LogP contribution in [0.2, 0.25) is 0 Å². The third-order valence-electron chi connectivity index (χ3n) is 6.50. The average Bonchev–Trinajstić information content (AvgIpc) is 3.12. The molecule has 0 aromatic carbocycles. The van der Waals surface area contributed by atoms with E-state index in [4.69, 9.17) is 0 Å². The minimum Gasteiger partial charge on any atom is -0.338 e. The van der Waals surface area contributed by atoms with Crippen molar-refractivity contribution in [1.29, 1.82) is 0 Å². The van der Waals surface area contributed by atoms with E-state index in [1.807, 2.05) is 4.90 Å². The van der Waals surface area contributed by atoms with Crippen molar-refractivity contribution in [2.45, 2.75) is 95.6 Å². The molecule has 4 amide bonds. The van der Waals surface area contributed by atoms with Gasteiger partial charge in [-0.3, -0.25) is 0 Å². The molecule has 3 N–H and O–H groups in total. The summed E-state index contributed by atoms with van der Waals surface area (Å²) in [6.45, 7) is 2.21. The molecule has 0 aromatic heterocycles. The van der Waals surface area contributed by atoms with Crippen LogP contribution in [0.3, 0.4) is 0 Å². The van der Waals surface area contributed by atoms with Crippen LogP contribution in [0.5, 0.6) is 0 Å². The first-order valence-corrected chi connectivity index (χ1v) is 11.3. The van der Waals surface area contributed by atoms with Crippen molar-refractivity contribution in [2.75, 3.05) is 19.6 Å². The van der Waals surface area contributed by atoms with Gasteiger partial charge in [0.2, 0.25) is 0 Å². The molecule has 3 fully saturated rings. The Balaban J connectivity index is 1.31. The molecule has 1 aliphatic heterocycles. The predicted molar refractivity (Wildman–Crippen MR) is 108 cm³/mol. The van der Waals surface area contributed by atoms with E-state index in [0.29, 0.717) is 24.5 Å². The van der Waals surface area contributed by atoms with Gasteiger partial charge in [0, 0.05) is 31.7 Å². The Labute approximate surface area is 164 Å². The minimum absolute atomic E-state index is 0.0364. The van der Waals surface area contributed by atoms with Crippen molar-refractivity contribution >= 4 is 12.1 Å². The number of carbonyl (C=O) groups is 2. The summed E-state index contributed by atoms with van der Waals surface area (Å²) in [6.07, 6.45) is 15.5. The largest absolute Gasteiger partial charge is 0.338 e. The van der Waals surface area contributed by atoms with Crippen molar-refractivity contribution in [3.05, 3.63) is 0 Å². The van der Waals surface area contributed by atoms with Crippen LogP contribution < -0.4 is 16.0 Å². The highest BCUT2D eigenvalue weighted by Gasteiger charge is 2.28. The topological polar surface area (TPSA) is 73.5 Å². The highest BCUT2D eigenvalue weighted by atomic mass is 16.2. The van der Waals surface area contributed by atoms with Crippen LogP contribution in [-0.4, -0.2) is 48.7 Å². The summed E-state index contributed by atoms with van der Waals surface area (Å²) in [4.78, 5) is 26.6. The molecule has 1 atom stereocenters. The van der Waals surface area contributed by atoms with E-state index >= 15 is 0 Å². The van der Waals surface area contributed by atoms with E-state index in [9.17, 15) is 9.59 Å². The van der Waals surface area contributed by atoms with Gasteiger partial charge >= 0.3 is 12.1 Å². The van der Waals surface area contributed by atoms with E-state index < -0.39 is 0 Å². The highest BCUT2D eigenvalue weighted by Crippen LogP contribution is 2.20. The summed E-state index contributed by atoms with van der Waals surface area (Å²) in [6, 6.07) is 0.735. The lowest BCUT2D eigenvalue weighted by atomic mass is 9.96. The van der Waals surface area contributed by atoms with Crippen molar-refractivity contribution in [1.82, 2.24) is 20.9 Å². The Hall–Kier alpha value is -1.46. The lowest BCUT2D eigenvalue weighted by molar-refractivity contribution is 0.198. The molecule has 0 aromatic rings. The van der Waals surface area contributed by atoms with E-state index in [-0.39, 0.29) is 12.1 Å². The number of urea groups is 2. The average molecular weight is 379 g/mol. The van der Waals surface area contributed by atoms with Gasteiger partial charge < -0.3 is 20.9 Å². The van der Waals surface area contributed by atoms with Crippen LogP contribution >= 0.6 is 0 Å². The van der Waals surface area contributed by atoms with Gasteiger partial charge in [0.15, 0.2) is 0 Å². The second kappa shape index (κ2) is 10.8. The number of nitrogens with zero attached hydrogens (tertiary/aromatic N) is 1. The summed E-state index contributed by atoms with van der Waals surface area (Å²) in [5.41, 5.74) is 0. The Morgan fingerprint density at radius 2 is 1.30 bits per heavy atom.